The number of aryl methyl sites for hydroxylation is 1. The van der Waals surface area contributed by atoms with E-state index < -0.39 is 16.1 Å². The van der Waals surface area contributed by atoms with Crippen LogP contribution in [0.3, 0.4) is 0 Å². The highest BCUT2D eigenvalue weighted by molar-refractivity contribution is 7.91. The highest BCUT2D eigenvalue weighted by atomic mass is 35.5. The summed E-state index contributed by atoms with van der Waals surface area (Å²) in [7, 11) is -2.16. The molecule has 1 aromatic heterocycles. The number of amides is 1. The van der Waals surface area contributed by atoms with Gasteiger partial charge in [0, 0.05) is 17.5 Å². The lowest BCUT2D eigenvalue weighted by Gasteiger charge is -2.23. The highest BCUT2D eigenvalue weighted by Gasteiger charge is 2.40. The van der Waals surface area contributed by atoms with E-state index in [1.807, 2.05) is 6.92 Å². The number of hydrogen-bond donors (Lipinski definition) is 1. The average Bonchev–Trinajstić information content (AvgIpc) is 3.26. The molecule has 3 rings (SSSR count). The molecule has 0 aliphatic carbocycles. The standard InChI is InChI=1S/C17H19ClN2O4S2/c1-11-5-8-16(25-11)26(22,23)20-9-3-4-15(20)17(21)19-14-7-6-12(24-2)10-13(14)18/h5-8,10,15H,3-4,9H2,1-2H3,(H,19,21). The predicted octanol–water partition coefficient (Wildman–Crippen LogP) is 3.51. The van der Waals surface area contributed by atoms with Gasteiger partial charge in [0.2, 0.25) is 5.91 Å². The van der Waals surface area contributed by atoms with Gasteiger partial charge in [0.05, 0.1) is 17.8 Å². The summed E-state index contributed by atoms with van der Waals surface area (Å²) in [5.74, 6) is 0.192. The maximum atomic E-state index is 12.9. The van der Waals surface area contributed by atoms with Gasteiger partial charge in [-0.3, -0.25) is 4.79 Å². The molecule has 0 radical (unpaired) electrons. The van der Waals surface area contributed by atoms with Gasteiger partial charge in [-0.05, 0) is 44.0 Å². The summed E-state index contributed by atoms with van der Waals surface area (Å²) in [5, 5.41) is 3.07. The van der Waals surface area contributed by atoms with Gasteiger partial charge >= 0.3 is 0 Å². The molecule has 6 nitrogen and oxygen atoms in total. The molecule has 1 aromatic carbocycles. The number of anilines is 1. The van der Waals surface area contributed by atoms with Crippen molar-refractivity contribution in [1.82, 2.24) is 4.31 Å². The molecule has 1 atom stereocenters. The minimum absolute atomic E-state index is 0.261. The Bertz CT molecular complexity index is 927. The number of carbonyl (C=O) groups is 1. The van der Waals surface area contributed by atoms with Crippen LogP contribution in [0, 0.1) is 6.92 Å². The molecular weight excluding hydrogens is 396 g/mol. The molecule has 1 aliphatic rings. The molecule has 0 saturated carbocycles. The first-order valence-corrected chi connectivity index (χ1v) is 10.7. The van der Waals surface area contributed by atoms with E-state index in [1.54, 1.807) is 30.3 Å². The number of thiophene rings is 1. The predicted molar refractivity (Wildman–Crippen MR) is 103 cm³/mol. The Kier molecular flexibility index (Phi) is 5.57. The van der Waals surface area contributed by atoms with Crippen LogP contribution < -0.4 is 10.1 Å². The Labute approximate surface area is 161 Å². The Morgan fingerprint density at radius 2 is 2.12 bits per heavy atom. The van der Waals surface area contributed by atoms with Gasteiger partial charge in [0.25, 0.3) is 10.0 Å². The summed E-state index contributed by atoms with van der Waals surface area (Å²) in [4.78, 5) is 13.6. The normalized spacial score (nSPS) is 18.0. The first-order valence-electron chi connectivity index (χ1n) is 8.05. The number of rotatable bonds is 5. The lowest BCUT2D eigenvalue weighted by molar-refractivity contribution is -0.119. The number of methoxy groups -OCH3 is 1. The Hall–Kier alpha value is -1.61. The maximum Gasteiger partial charge on any atom is 0.253 e. The second-order valence-corrected chi connectivity index (χ2v) is 9.79. The summed E-state index contributed by atoms with van der Waals surface area (Å²) >= 11 is 7.37. The SMILES string of the molecule is COc1ccc(NC(=O)C2CCCN2S(=O)(=O)c2ccc(C)s2)c(Cl)c1. The fourth-order valence-electron chi connectivity index (χ4n) is 2.90. The van der Waals surface area contributed by atoms with Gasteiger partial charge < -0.3 is 10.1 Å². The van der Waals surface area contributed by atoms with Crippen LogP contribution in [-0.4, -0.2) is 38.3 Å². The van der Waals surface area contributed by atoms with Crippen LogP contribution in [0.2, 0.25) is 5.02 Å². The molecule has 1 amide bonds. The Morgan fingerprint density at radius 1 is 1.35 bits per heavy atom. The quantitative estimate of drug-likeness (QED) is 0.812. The molecule has 0 bridgehead atoms. The fraction of sp³-hybridized carbons (Fsp3) is 0.353. The van der Waals surface area contributed by atoms with E-state index in [2.05, 4.69) is 5.32 Å². The molecule has 2 heterocycles. The van der Waals surface area contributed by atoms with Crippen molar-refractivity contribution in [3.63, 3.8) is 0 Å². The smallest absolute Gasteiger partial charge is 0.253 e. The van der Waals surface area contributed by atoms with E-state index in [9.17, 15) is 13.2 Å². The van der Waals surface area contributed by atoms with Crippen molar-refractivity contribution >= 4 is 44.6 Å². The van der Waals surface area contributed by atoms with Gasteiger partial charge in [-0.1, -0.05) is 11.6 Å². The second kappa shape index (κ2) is 7.56. The number of nitrogens with one attached hydrogen (secondary N) is 1. The van der Waals surface area contributed by atoms with Crippen LogP contribution in [0.1, 0.15) is 17.7 Å². The largest absolute Gasteiger partial charge is 0.497 e. The van der Waals surface area contributed by atoms with Gasteiger partial charge in [-0.2, -0.15) is 4.31 Å². The van der Waals surface area contributed by atoms with Crippen molar-refractivity contribution < 1.29 is 17.9 Å². The molecule has 9 heteroatoms. The number of halogens is 1. The van der Waals surface area contributed by atoms with E-state index in [4.69, 9.17) is 16.3 Å². The molecule has 140 valence electrons. The van der Waals surface area contributed by atoms with Crippen LogP contribution in [0.4, 0.5) is 5.69 Å². The van der Waals surface area contributed by atoms with Crippen LogP contribution >= 0.6 is 22.9 Å². The van der Waals surface area contributed by atoms with Gasteiger partial charge in [0.1, 0.15) is 16.0 Å². The monoisotopic (exact) mass is 414 g/mol. The number of benzene rings is 1. The first kappa shape index (κ1) is 19.2. The number of carbonyl (C=O) groups excluding carboxylic acids is 1. The van der Waals surface area contributed by atoms with Crippen LogP contribution in [-0.2, 0) is 14.8 Å². The number of ether oxygens (including phenoxy) is 1. The van der Waals surface area contributed by atoms with Crippen molar-refractivity contribution in [1.29, 1.82) is 0 Å². The third-order valence-electron chi connectivity index (χ3n) is 4.22. The Morgan fingerprint density at radius 3 is 2.73 bits per heavy atom. The van der Waals surface area contributed by atoms with E-state index in [0.29, 0.717) is 35.8 Å². The van der Waals surface area contributed by atoms with E-state index >= 15 is 0 Å². The number of nitrogens with zero attached hydrogens (tertiary/aromatic N) is 1. The minimum atomic E-state index is -3.69. The fourth-order valence-corrected chi connectivity index (χ4v) is 6.18. The van der Waals surface area contributed by atoms with Crippen molar-refractivity contribution in [3.05, 3.63) is 40.2 Å². The van der Waals surface area contributed by atoms with Crippen molar-refractivity contribution in [2.24, 2.45) is 0 Å². The summed E-state index contributed by atoms with van der Waals surface area (Å²) in [5.41, 5.74) is 0.425. The summed E-state index contributed by atoms with van der Waals surface area (Å²) in [6.45, 7) is 2.18. The molecular formula is C17H19ClN2O4S2. The number of hydrogen-bond acceptors (Lipinski definition) is 5. The van der Waals surface area contributed by atoms with Gasteiger partial charge in [0.15, 0.2) is 0 Å². The summed E-state index contributed by atoms with van der Waals surface area (Å²) in [6, 6.07) is 7.51. The van der Waals surface area contributed by atoms with Crippen molar-refractivity contribution in [2.45, 2.75) is 30.0 Å². The number of sulfonamides is 1. The van der Waals surface area contributed by atoms with Crippen LogP contribution in [0.25, 0.3) is 0 Å². The van der Waals surface area contributed by atoms with Crippen LogP contribution in [0.5, 0.6) is 5.75 Å². The molecule has 1 N–H and O–H groups in total. The van der Waals surface area contributed by atoms with E-state index in [-0.39, 0.29) is 10.1 Å². The average molecular weight is 415 g/mol. The Balaban J connectivity index is 1.80. The third kappa shape index (κ3) is 3.73. The second-order valence-electron chi connectivity index (χ2n) is 5.97. The highest BCUT2D eigenvalue weighted by Crippen LogP contribution is 2.32. The van der Waals surface area contributed by atoms with Gasteiger partial charge in [-0.15, -0.1) is 11.3 Å². The van der Waals surface area contributed by atoms with Crippen molar-refractivity contribution in [3.8, 4) is 5.75 Å². The van der Waals surface area contributed by atoms with E-state index in [1.165, 1.54) is 22.8 Å². The topological polar surface area (TPSA) is 75.7 Å². The zero-order chi connectivity index (χ0) is 18.9. The maximum absolute atomic E-state index is 12.9. The minimum Gasteiger partial charge on any atom is -0.497 e. The van der Waals surface area contributed by atoms with Crippen molar-refractivity contribution in [2.75, 3.05) is 19.0 Å². The molecule has 0 spiro atoms. The molecule has 1 unspecified atom stereocenters. The zero-order valence-electron chi connectivity index (χ0n) is 14.4. The zero-order valence-corrected chi connectivity index (χ0v) is 16.7. The third-order valence-corrected chi connectivity index (χ3v) is 7.91. The molecule has 1 saturated heterocycles. The lowest BCUT2D eigenvalue weighted by Crippen LogP contribution is -2.42. The molecule has 2 aromatic rings. The van der Waals surface area contributed by atoms with E-state index in [0.717, 1.165) is 4.88 Å². The summed E-state index contributed by atoms with van der Waals surface area (Å²) in [6.07, 6.45) is 1.11. The first-order chi connectivity index (χ1) is 12.3. The molecule has 1 fully saturated rings. The van der Waals surface area contributed by atoms with Crippen LogP contribution in [0.15, 0.2) is 34.5 Å². The summed E-state index contributed by atoms with van der Waals surface area (Å²) < 4.78 is 32.4. The molecule has 26 heavy (non-hydrogen) atoms. The molecule has 1 aliphatic heterocycles. The lowest BCUT2D eigenvalue weighted by atomic mass is 10.2. The van der Waals surface area contributed by atoms with Gasteiger partial charge in [-0.25, -0.2) is 8.42 Å².